The van der Waals surface area contributed by atoms with Crippen LogP contribution in [0.3, 0.4) is 0 Å². The molecule has 0 saturated heterocycles. The smallest absolute Gasteiger partial charge is 0.274 e. The fraction of sp³-hybridized carbons (Fsp3) is 0.217. The van der Waals surface area contributed by atoms with Gasteiger partial charge in [-0.25, -0.2) is 5.48 Å². The maximum atomic E-state index is 12.9. The maximum absolute atomic E-state index is 12.9. The van der Waals surface area contributed by atoms with Gasteiger partial charge in [0.05, 0.1) is 11.4 Å². The molecule has 1 atom stereocenters. The molecule has 6 heteroatoms. The second-order valence-corrected chi connectivity index (χ2v) is 7.66. The quantitative estimate of drug-likeness (QED) is 0.466. The number of carbonyl (C=O) groups is 2. The zero-order valence-corrected chi connectivity index (χ0v) is 16.3. The Kier molecular flexibility index (Phi) is 4.94. The summed E-state index contributed by atoms with van der Waals surface area (Å²) in [5, 5.41) is 14.1. The van der Waals surface area contributed by atoms with Crippen molar-refractivity contribution >= 4 is 34.0 Å². The van der Waals surface area contributed by atoms with Crippen molar-refractivity contribution in [1.82, 2.24) is 5.48 Å². The van der Waals surface area contributed by atoms with Crippen LogP contribution in [0.4, 0.5) is 11.4 Å². The average molecular weight is 389 g/mol. The second kappa shape index (κ2) is 7.56. The molecule has 0 spiro atoms. The van der Waals surface area contributed by atoms with Gasteiger partial charge in [-0.2, -0.15) is 0 Å². The van der Waals surface area contributed by atoms with Gasteiger partial charge in [-0.3, -0.25) is 14.8 Å². The van der Waals surface area contributed by atoms with E-state index in [4.69, 9.17) is 5.21 Å². The Morgan fingerprint density at radius 3 is 2.59 bits per heavy atom. The minimum Gasteiger partial charge on any atom is -0.353 e. The summed E-state index contributed by atoms with van der Waals surface area (Å²) in [6, 6.07) is 19.2. The monoisotopic (exact) mass is 389 g/mol. The van der Waals surface area contributed by atoms with Crippen LogP contribution in [0.5, 0.6) is 0 Å². The number of nitrogens with zero attached hydrogens (tertiary/aromatic N) is 1. The predicted molar refractivity (Wildman–Crippen MR) is 113 cm³/mol. The number of rotatable bonds is 4. The normalized spacial score (nSPS) is 15.9. The highest BCUT2D eigenvalue weighted by molar-refractivity contribution is 6.05. The van der Waals surface area contributed by atoms with Crippen molar-refractivity contribution in [2.24, 2.45) is 5.92 Å². The van der Waals surface area contributed by atoms with Crippen LogP contribution in [0.1, 0.15) is 29.8 Å². The number of carbonyl (C=O) groups excluding carboxylic acids is 2. The van der Waals surface area contributed by atoms with Gasteiger partial charge in [0, 0.05) is 12.1 Å². The molecular weight excluding hydrogens is 366 g/mol. The minimum atomic E-state index is -0.617. The number of hydrogen-bond donors (Lipinski definition) is 3. The lowest BCUT2D eigenvalue weighted by Crippen LogP contribution is -2.50. The van der Waals surface area contributed by atoms with Gasteiger partial charge in [0.1, 0.15) is 6.04 Å². The summed E-state index contributed by atoms with van der Waals surface area (Å²) in [7, 11) is 0. The maximum Gasteiger partial charge on any atom is 0.274 e. The lowest BCUT2D eigenvalue weighted by atomic mass is 9.95. The summed E-state index contributed by atoms with van der Waals surface area (Å²) in [4.78, 5) is 26.7. The fourth-order valence-corrected chi connectivity index (χ4v) is 3.97. The van der Waals surface area contributed by atoms with Crippen molar-refractivity contribution in [2.75, 3.05) is 10.2 Å². The molecule has 1 aliphatic rings. The van der Waals surface area contributed by atoms with E-state index >= 15 is 0 Å². The molecule has 0 bridgehead atoms. The zero-order valence-electron chi connectivity index (χ0n) is 16.3. The lowest BCUT2D eigenvalue weighted by Gasteiger charge is -2.40. The first kappa shape index (κ1) is 19.0. The summed E-state index contributed by atoms with van der Waals surface area (Å²) in [6.45, 7) is 4.62. The first-order valence-electron chi connectivity index (χ1n) is 9.61. The molecule has 29 heavy (non-hydrogen) atoms. The molecule has 0 fully saturated rings. The molecular formula is C23H23N3O3. The topological polar surface area (TPSA) is 81.7 Å². The Bertz CT molecular complexity index is 1090. The Labute approximate surface area is 169 Å². The van der Waals surface area contributed by atoms with E-state index in [0.717, 1.165) is 16.6 Å². The molecule has 1 heterocycles. The van der Waals surface area contributed by atoms with Gasteiger partial charge in [-0.1, -0.05) is 50.2 Å². The fourth-order valence-electron chi connectivity index (χ4n) is 3.97. The Morgan fingerprint density at radius 1 is 1.10 bits per heavy atom. The number of nitrogens with one attached hydrogen (secondary N) is 2. The molecule has 0 radical (unpaired) electrons. The second-order valence-electron chi connectivity index (χ2n) is 7.66. The summed E-state index contributed by atoms with van der Waals surface area (Å²) in [6.07, 6.45) is 0. The third-order valence-electron chi connectivity index (χ3n) is 5.33. The van der Waals surface area contributed by atoms with E-state index in [-0.39, 0.29) is 23.4 Å². The van der Waals surface area contributed by atoms with E-state index in [9.17, 15) is 9.59 Å². The highest BCUT2D eigenvalue weighted by atomic mass is 16.5. The van der Waals surface area contributed by atoms with Crippen LogP contribution >= 0.6 is 0 Å². The van der Waals surface area contributed by atoms with Crippen LogP contribution in [0.2, 0.25) is 0 Å². The molecule has 2 amide bonds. The van der Waals surface area contributed by atoms with Crippen LogP contribution in [-0.2, 0) is 11.3 Å². The van der Waals surface area contributed by atoms with Gasteiger partial charge in [-0.05, 0) is 46.5 Å². The van der Waals surface area contributed by atoms with E-state index in [2.05, 4.69) is 40.5 Å². The standard InChI is InChI=1S/C23H23N3O3/c1-14(2)21-23(28)24-19-12-18(22(27)25-29)9-10-20(19)26(21)13-15-7-8-16-5-3-4-6-17(16)11-15/h3-12,14,21,29H,13H2,1-2H3,(H,24,28)(H,25,27). The molecule has 3 aromatic rings. The zero-order chi connectivity index (χ0) is 20.5. The van der Waals surface area contributed by atoms with Gasteiger partial charge in [0.15, 0.2) is 0 Å². The largest absolute Gasteiger partial charge is 0.353 e. The van der Waals surface area contributed by atoms with Crippen molar-refractivity contribution in [3.8, 4) is 0 Å². The SMILES string of the molecule is CC(C)C1C(=O)Nc2cc(C(=O)NO)ccc2N1Cc1ccc2ccccc2c1. The third-order valence-corrected chi connectivity index (χ3v) is 5.33. The average Bonchev–Trinajstić information content (AvgIpc) is 2.72. The number of hydroxylamine groups is 1. The molecule has 4 rings (SSSR count). The van der Waals surface area contributed by atoms with Crippen molar-refractivity contribution in [3.63, 3.8) is 0 Å². The molecule has 6 nitrogen and oxygen atoms in total. The Morgan fingerprint density at radius 2 is 1.86 bits per heavy atom. The van der Waals surface area contributed by atoms with Crippen LogP contribution in [0.15, 0.2) is 60.7 Å². The van der Waals surface area contributed by atoms with E-state index in [1.165, 1.54) is 5.39 Å². The van der Waals surface area contributed by atoms with Gasteiger partial charge in [0.2, 0.25) is 5.91 Å². The highest BCUT2D eigenvalue weighted by Crippen LogP contribution is 2.36. The molecule has 0 saturated carbocycles. The number of anilines is 2. The first-order chi connectivity index (χ1) is 14.0. The molecule has 148 valence electrons. The van der Waals surface area contributed by atoms with Gasteiger partial charge in [-0.15, -0.1) is 0 Å². The van der Waals surface area contributed by atoms with Crippen LogP contribution in [0.25, 0.3) is 10.8 Å². The van der Waals surface area contributed by atoms with Crippen molar-refractivity contribution < 1.29 is 14.8 Å². The summed E-state index contributed by atoms with van der Waals surface area (Å²) < 4.78 is 0. The summed E-state index contributed by atoms with van der Waals surface area (Å²) in [5.74, 6) is -0.618. The highest BCUT2D eigenvalue weighted by Gasteiger charge is 2.35. The molecule has 0 aromatic heterocycles. The Hall–Kier alpha value is -3.38. The van der Waals surface area contributed by atoms with Crippen LogP contribution in [0, 0.1) is 5.92 Å². The minimum absolute atomic E-state index is 0.101. The van der Waals surface area contributed by atoms with Crippen molar-refractivity contribution in [1.29, 1.82) is 0 Å². The Balaban J connectivity index is 1.75. The van der Waals surface area contributed by atoms with Gasteiger partial charge < -0.3 is 10.2 Å². The van der Waals surface area contributed by atoms with E-state index < -0.39 is 5.91 Å². The van der Waals surface area contributed by atoms with E-state index in [1.807, 2.05) is 32.0 Å². The van der Waals surface area contributed by atoms with E-state index in [0.29, 0.717) is 12.2 Å². The van der Waals surface area contributed by atoms with E-state index in [1.54, 1.807) is 17.6 Å². The van der Waals surface area contributed by atoms with Crippen LogP contribution < -0.4 is 15.7 Å². The number of amides is 2. The molecule has 1 aliphatic heterocycles. The number of hydrogen-bond acceptors (Lipinski definition) is 4. The predicted octanol–water partition coefficient (Wildman–Crippen LogP) is 3.94. The summed E-state index contributed by atoms with van der Waals surface area (Å²) in [5.41, 5.74) is 4.43. The lowest BCUT2D eigenvalue weighted by molar-refractivity contribution is -0.118. The third kappa shape index (κ3) is 3.54. The molecule has 1 unspecified atom stereocenters. The van der Waals surface area contributed by atoms with Gasteiger partial charge >= 0.3 is 0 Å². The molecule has 3 N–H and O–H groups in total. The van der Waals surface area contributed by atoms with Gasteiger partial charge in [0.25, 0.3) is 5.91 Å². The summed E-state index contributed by atoms with van der Waals surface area (Å²) >= 11 is 0. The molecule has 3 aromatic carbocycles. The number of benzene rings is 3. The van der Waals surface area contributed by atoms with Crippen molar-refractivity contribution in [2.45, 2.75) is 26.4 Å². The van der Waals surface area contributed by atoms with Crippen molar-refractivity contribution in [3.05, 3.63) is 71.8 Å². The molecule has 0 aliphatic carbocycles. The first-order valence-corrected chi connectivity index (χ1v) is 9.61. The van der Waals surface area contributed by atoms with Crippen LogP contribution in [-0.4, -0.2) is 23.1 Å². The number of fused-ring (bicyclic) bond motifs is 2.